The van der Waals surface area contributed by atoms with Gasteiger partial charge >= 0.3 is 0 Å². The molecule has 0 fully saturated rings. The van der Waals surface area contributed by atoms with E-state index >= 15 is 0 Å². The molecular weight excluding hydrogens is 504 g/mol. The van der Waals surface area contributed by atoms with Crippen LogP contribution in [0.5, 0.6) is 11.5 Å². The number of hydrogen-bond donors (Lipinski definition) is 2. The van der Waals surface area contributed by atoms with E-state index in [4.69, 9.17) is 14.5 Å². The monoisotopic (exact) mass is 530 g/mol. The number of fused-ring (bicyclic) bond motifs is 2. The number of aromatic nitrogens is 3. The van der Waals surface area contributed by atoms with Crippen molar-refractivity contribution in [2.45, 2.75) is 6.04 Å². The molecule has 40 heavy (non-hydrogen) atoms. The van der Waals surface area contributed by atoms with Crippen molar-refractivity contribution < 1.29 is 14.3 Å². The van der Waals surface area contributed by atoms with Crippen molar-refractivity contribution in [1.82, 2.24) is 14.5 Å². The molecule has 0 saturated heterocycles. The molecule has 6 rings (SSSR count). The molecule has 0 spiro atoms. The molecule has 2 aromatic heterocycles. The summed E-state index contributed by atoms with van der Waals surface area (Å²) in [6.45, 7) is 0. The summed E-state index contributed by atoms with van der Waals surface area (Å²) in [6, 6.07) is 30.2. The number of methoxy groups -OCH3 is 2. The van der Waals surface area contributed by atoms with Gasteiger partial charge in [-0.25, -0.2) is 4.98 Å². The third-order valence-electron chi connectivity index (χ3n) is 6.88. The topological polar surface area (TPSA) is 98.2 Å². The number of rotatable bonds is 7. The Bertz CT molecular complexity index is 1860. The zero-order valence-corrected chi connectivity index (χ0v) is 21.9. The van der Waals surface area contributed by atoms with Crippen LogP contribution in [0.15, 0.2) is 108 Å². The molecule has 2 heterocycles. The zero-order valence-electron chi connectivity index (χ0n) is 21.9. The second-order valence-corrected chi connectivity index (χ2v) is 9.29. The maximum Gasteiger partial charge on any atom is 0.280 e. The minimum absolute atomic E-state index is 0.227. The first-order chi connectivity index (χ1) is 19.6. The van der Waals surface area contributed by atoms with Gasteiger partial charge in [0.15, 0.2) is 5.69 Å². The van der Waals surface area contributed by atoms with Crippen LogP contribution in [0.2, 0.25) is 0 Å². The second-order valence-electron chi connectivity index (χ2n) is 9.29. The van der Waals surface area contributed by atoms with E-state index in [1.165, 1.54) is 4.57 Å². The number of para-hydroxylation sites is 3. The Morgan fingerprint density at radius 3 is 2.20 bits per heavy atom. The predicted octanol–water partition coefficient (Wildman–Crippen LogP) is 5.79. The predicted molar refractivity (Wildman–Crippen MR) is 156 cm³/mol. The minimum atomic E-state index is -1.00. The van der Waals surface area contributed by atoms with Gasteiger partial charge in [-0.2, -0.15) is 0 Å². The highest BCUT2D eigenvalue weighted by Crippen LogP contribution is 2.28. The van der Waals surface area contributed by atoms with E-state index in [1.807, 2.05) is 48.5 Å². The fraction of sp³-hybridized carbons (Fsp3) is 0.0938. The number of ether oxygens (including phenoxy) is 2. The number of nitrogens with zero attached hydrogens (tertiary/aromatic N) is 2. The van der Waals surface area contributed by atoms with Crippen molar-refractivity contribution in [1.29, 1.82) is 0 Å². The summed E-state index contributed by atoms with van der Waals surface area (Å²) >= 11 is 0. The first-order valence-corrected chi connectivity index (χ1v) is 12.7. The molecule has 0 aliphatic carbocycles. The summed E-state index contributed by atoms with van der Waals surface area (Å²) in [5, 5.41) is 3.94. The molecule has 0 saturated carbocycles. The van der Waals surface area contributed by atoms with E-state index in [2.05, 4.69) is 10.3 Å². The molecule has 0 radical (unpaired) electrons. The molecule has 1 atom stereocenters. The van der Waals surface area contributed by atoms with Crippen molar-refractivity contribution >= 4 is 33.5 Å². The largest absolute Gasteiger partial charge is 0.497 e. The SMILES string of the molecule is COc1ccc(NC(=O)C(c2ccc(OC)cc2)n2c(=O)c(-c3cc4ccccc4[nH]3)nc3ccccc32)cc1. The molecule has 0 aliphatic rings. The van der Waals surface area contributed by atoms with E-state index < -0.39 is 11.6 Å². The fourth-order valence-electron chi connectivity index (χ4n) is 4.88. The van der Waals surface area contributed by atoms with Crippen molar-refractivity contribution in [3.05, 3.63) is 119 Å². The molecule has 6 aromatic rings. The molecule has 198 valence electrons. The van der Waals surface area contributed by atoms with E-state index in [0.29, 0.717) is 39.5 Å². The van der Waals surface area contributed by atoms with Gasteiger partial charge in [0, 0.05) is 16.6 Å². The smallest absolute Gasteiger partial charge is 0.280 e. The average molecular weight is 531 g/mol. The summed E-state index contributed by atoms with van der Waals surface area (Å²) < 4.78 is 12.1. The maximum atomic E-state index is 14.3. The number of carbonyl (C=O) groups excluding carboxylic acids is 1. The number of H-pyrrole nitrogens is 1. The molecular formula is C32H26N4O4. The van der Waals surface area contributed by atoms with Gasteiger partial charge in [-0.3, -0.25) is 14.2 Å². The Morgan fingerprint density at radius 2 is 1.50 bits per heavy atom. The van der Waals surface area contributed by atoms with Crippen LogP contribution in [0, 0.1) is 0 Å². The van der Waals surface area contributed by atoms with Gasteiger partial charge in [-0.1, -0.05) is 42.5 Å². The van der Waals surface area contributed by atoms with Gasteiger partial charge in [-0.15, -0.1) is 0 Å². The molecule has 8 nitrogen and oxygen atoms in total. The lowest BCUT2D eigenvalue weighted by Crippen LogP contribution is -2.35. The van der Waals surface area contributed by atoms with Crippen molar-refractivity contribution in [2.24, 2.45) is 0 Å². The zero-order chi connectivity index (χ0) is 27.6. The standard InChI is InChI=1S/C32H26N4O4/c1-39-23-15-11-20(12-16-23)30(31(37)33-22-13-17-24(40-2)18-14-22)36-28-10-6-5-9-26(28)35-29(32(36)38)27-19-21-7-3-4-8-25(21)34-27/h3-19,30,34H,1-2H3,(H,33,37). The fourth-order valence-corrected chi connectivity index (χ4v) is 4.88. The third kappa shape index (κ3) is 4.56. The molecule has 8 heteroatoms. The van der Waals surface area contributed by atoms with E-state index in [0.717, 1.165) is 10.9 Å². The maximum absolute atomic E-state index is 14.3. The van der Waals surface area contributed by atoms with Gasteiger partial charge < -0.3 is 19.8 Å². The van der Waals surface area contributed by atoms with Crippen LogP contribution in [-0.2, 0) is 4.79 Å². The quantitative estimate of drug-likeness (QED) is 0.272. The van der Waals surface area contributed by atoms with Gasteiger partial charge in [0.25, 0.3) is 11.5 Å². The summed E-state index contributed by atoms with van der Waals surface area (Å²) in [5.41, 5.74) is 3.63. The number of benzene rings is 4. The van der Waals surface area contributed by atoms with Gasteiger partial charge in [-0.05, 0) is 66.2 Å². The minimum Gasteiger partial charge on any atom is -0.497 e. The van der Waals surface area contributed by atoms with E-state index in [1.54, 1.807) is 68.8 Å². The Hall–Kier alpha value is -5.37. The number of nitrogens with one attached hydrogen (secondary N) is 2. The molecule has 0 aliphatic heterocycles. The normalized spacial score (nSPS) is 11.8. The molecule has 1 unspecified atom stereocenters. The first-order valence-electron chi connectivity index (χ1n) is 12.7. The molecule has 1 amide bonds. The van der Waals surface area contributed by atoms with Crippen LogP contribution < -0.4 is 20.3 Å². The highest BCUT2D eigenvalue weighted by molar-refractivity contribution is 5.97. The summed E-state index contributed by atoms with van der Waals surface area (Å²) in [6.07, 6.45) is 0. The van der Waals surface area contributed by atoms with Crippen LogP contribution in [0.1, 0.15) is 11.6 Å². The lowest BCUT2D eigenvalue weighted by Gasteiger charge is -2.23. The number of hydrogen-bond acceptors (Lipinski definition) is 5. The van der Waals surface area contributed by atoms with E-state index in [-0.39, 0.29) is 11.6 Å². The Labute approximate surface area is 229 Å². The van der Waals surface area contributed by atoms with Gasteiger partial charge in [0.05, 0.1) is 30.9 Å². The van der Waals surface area contributed by atoms with Crippen LogP contribution >= 0.6 is 0 Å². The van der Waals surface area contributed by atoms with Gasteiger partial charge in [0.1, 0.15) is 17.5 Å². The first kappa shape index (κ1) is 24.9. The Balaban J connectivity index is 1.56. The second kappa shape index (κ2) is 10.4. The lowest BCUT2D eigenvalue weighted by atomic mass is 10.0. The Kier molecular flexibility index (Phi) is 6.49. The number of amides is 1. The number of anilines is 1. The molecule has 2 N–H and O–H groups in total. The summed E-state index contributed by atoms with van der Waals surface area (Å²) in [7, 11) is 3.16. The van der Waals surface area contributed by atoms with E-state index in [9.17, 15) is 9.59 Å². The average Bonchev–Trinajstić information content (AvgIpc) is 3.43. The van der Waals surface area contributed by atoms with Crippen LogP contribution in [0.4, 0.5) is 5.69 Å². The molecule has 4 aromatic carbocycles. The lowest BCUT2D eigenvalue weighted by molar-refractivity contribution is -0.118. The molecule has 0 bridgehead atoms. The summed E-state index contributed by atoms with van der Waals surface area (Å²) in [4.78, 5) is 36.4. The van der Waals surface area contributed by atoms with Gasteiger partial charge in [0.2, 0.25) is 0 Å². The highest BCUT2D eigenvalue weighted by atomic mass is 16.5. The van der Waals surface area contributed by atoms with Crippen molar-refractivity contribution in [2.75, 3.05) is 19.5 Å². The number of carbonyl (C=O) groups is 1. The van der Waals surface area contributed by atoms with Crippen molar-refractivity contribution in [3.63, 3.8) is 0 Å². The van der Waals surface area contributed by atoms with Crippen molar-refractivity contribution in [3.8, 4) is 22.9 Å². The van der Waals surface area contributed by atoms with Crippen LogP contribution in [0.3, 0.4) is 0 Å². The van der Waals surface area contributed by atoms with Crippen LogP contribution in [-0.4, -0.2) is 34.7 Å². The highest BCUT2D eigenvalue weighted by Gasteiger charge is 2.28. The summed E-state index contributed by atoms with van der Waals surface area (Å²) in [5.74, 6) is 0.934. The number of aromatic amines is 1. The Morgan fingerprint density at radius 1 is 0.850 bits per heavy atom. The van der Waals surface area contributed by atoms with Crippen LogP contribution in [0.25, 0.3) is 33.3 Å². The third-order valence-corrected chi connectivity index (χ3v) is 6.88.